The SMILES string of the molecule is CNC(CC1CCCc2ccccc21)c1ncccn1. The Morgan fingerprint density at radius 1 is 1.20 bits per heavy atom. The average molecular weight is 267 g/mol. The summed E-state index contributed by atoms with van der Waals surface area (Å²) in [4.78, 5) is 8.80. The first-order valence-corrected chi connectivity index (χ1v) is 7.40. The molecule has 2 atom stereocenters. The minimum atomic E-state index is 0.229. The Bertz CT molecular complexity index is 553. The van der Waals surface area contributed by atoms with E-state index in [1.165, 1.54) is 30.4 Å². The van der Waals surface area contributed by atoms with Crippen LogP contribution in [-0.4, -0.2) is 17.0 Å². The molecule has 0 saturated carbocycles. The van der Waals surface area contributed by atoms with E-state index in [4.69, 9.17) is 0 Å². The molecule has 0 aliphatic heterocycles. The van der Waals surface area contributed by atoms with Crippen molar-refractivity contribution < 1.29 is 0 Å². The maximum Gasteiger partial charge on any atom is 0.145 e. The Hall–Kier alpha value is -1.74. The summed E-state index contributed by atoms with van der Waals surface area (Å²) in [5.74, 6) is 1.51. The van der Waals surface area contributed by atoms with Crippen LogP contribution < -0.4 is 5.32 Å². The van der Waals surface area contributed by atoms with E-state index in [-0.39, 0.29) is 6.04 Å². The highest BCUT2D eigenvalue weighted by Gasteiger charge is 2.24. The first-order valence-electron chi connectivity index (χ1n) is 7.40. The summed E-state index contributed by atoms with van der Waals surface area (Å²) in [5, 5.41) is 3.37. The predicted octanol–water partition coefficient (Wildman–Crippen LogP) is 3.25. The lowest BCUT2D eigenvalue weighted by atomic mass is 9.79. The van der Waals surface area contributed by atoms with Crippen molar-refractivity contribution in [3.05, 3.63) is 59.7 Å². The standard InChI is InChI=1S/C17H21N3/c1-18-16(17-19-10-5-11-20-17)12-14-8-4-7-13-6-2-3-9-15(13)14/h2-3,5-6,9-11,14,16,18H,4,7-8,12H2,1H3. The molecule has 2 aromatic rings. The molecule has 3 rings (SSSR count). The van der Waals surface area contributed by atoms with Gasteiger partial charge in [0.2, 0.25) is 0 Å². The number of nitrogens with zero attached hydrogens (tertiary/aromatic N) is 2. The number of hydrogen-bond acceptors (Lipinski definition) is 3. The van der Waals surface area contributed by atoms with Gasteiger partial charge >= 0.3 is 0 Å². The van der Waals surface area contributed by atoms with E-state index in [0.29, 0.717) is 5.92 Å². The third-order valence-electron chi connectivity index (χ3n) is 4.26. The third kappa shape index (κ3) is 2.73. The van der Waals surface area contributed by atoms with Gasteiger partial charge in [0.25, 0.3) is 0 Å². The van der Waals surface area contributed by atoms with Crippen molar-refractivity contribution in [1.82, 2.24) is 15.3 Å². The lowest BCUT2D eigenvalue weighted by Crippen LogP contribution is -2.23. The smallest absolute Gasteiger partial charge is 0.145 e. The molecule has 0 fully saturated rings. The fourth-order valence-electron chi connectivity index (χ4n) is 3.23. The molecule has 2 unspecified atom stereocenters. The zero-order chi connectivity index (χ0) is 13.8. The zero-order valence-corrected chi connectivity index (χ0v) is 11.9. The number of nitrogens with one attached hydrogen (secondary N) is 1. The molecule has 1 aliphatic rings. The Kier molecular flexibility index (Phi) is 4.07. The highest BCUT2D eigenvalue weighted by atomic mass is 15.0. The van der Waals surface area contributed by atoms with Crippen LogP contribution in [0.3, 0.4) is 0 Å². The Labute approximate surface area is 120 Å². The summed E-state index contributed by atoms with van der Waals surface area (Å²) in [7, 11) is 2.00. The predicted molar refractivity (Wildman–Crippen MR) is 80.6 cm³/mol. The second-order valence-electron chi connectivity index (χ2n) is 5.47. The Balaban J connectivity index is 1.81. The van der Waals surface area contributed by atoms with Gasteiger partial charge in [0.05, 0.1) is 6.04 Å². The minimum absolute atomic E-state index is 0.229. The number of rotatable bonds is 4. The molecule has 0 radical (unpaired) electrons. The van der Waals surface area contributed by atoms with Crippen LogP contribution in [0.4, 0.5) is 0 Å². The van der Waals surface area contributed by atoms with Gasteiger partial charge in [0.15, 0.2) is 0 Å². The van der Waals surface area contributed by atoms with Crippen molar-refractivity contribution >= 4 is 0 Å². The van der Waals surface area contributed by atoms with Crippen LogP contribution in [0.25, 0.3) is 0 Å². The van der Waals surface area contributed by atoms with Crippen LogP contribution in [0, 0.1) is 0 Å². The lowest BCUT2D eigenvalue weighted by molar-refractivity contribution is 0.426. The van der Waals surface area contributed by atoms with E-state index in [1.807, 2.05) is 25.5 Å². The molecule has 20 heavy (non-hydrogen) atoms. The normalized spacial score (nSPS) is 19.4. The molecule has 1 aromatic carbocycles. The van der Waals surface area contributed by atoms with Gasteiger partial charge in [-0.15, -0.1) is 0 Å². The van der Waals surface area contributed by atoms with E-state index >= 15 is 0 Å². The Morgan fingerprint density at radius 2 is 2.00 bits per heavy atom. The first kappa shape index (κ1) is 13.3. The number of benzene rings is 1. The van der Waals surface area contributed by atoms with Crippen molar-refractivity contribution in [3.63, 3.8) is 0 Å². The molecular weight excluding hydrogens is 246 g/mol. The summed E-state index contributed by atoms with van der Waals surface area (Å²) >= 11 is 0. The number of hydrogen-bond donors (Lipinski definition) is 1. The number of aryl methyl sites for hydroxylation is 1. The van der Waals surface area contributed by atoms with Gasteiger partial charge < -0.3 is 5.32 Å². The topological polar surface area (TPSA) is 37.8 Å². The zero-order valence-electron chi connectivity index (χ0n) is 11.9. The van der Waals surface area contributed by atoms with Crippen molar-refractivity contribution in [3.8, 4) is 0 Å². The number of fused-ring (bicyclic) bond motifs is 1. The van der Waals surface area contributed by atoms with Gasteiger partial charge in [-0.1, -0.05) is 24.3 Å². The molecule has 3 heteroatoms. The van der Waals surface area contributed by atoms with Crippen molar-refractivity contribution in [2.75, 3.05) is 7.05 Å². The average Bonchev–Trinajstić information content (AvgIpc) is 2.53. The van der Waals surface area contributed by atoms with Gasteiger partial charge in [0, 0.05) is 12.4 Å². The fraction of sp³-hybridized carbons (Fsp3) is 0.412. The summed E-state index contributed by atoms with van der Waals surface area (Å²) < 4.78 is 0. The van der Waals surface area contributed by atoms with E-state index in [2.05, 4.69) is 39.6 Å². The van der Waals surface area contributed by atoms with Crippen LogP contribution >= 0.6 is 0 Å². The molecule has 0 amide bonds. The summed E-state index contributed by atoms with van der Waals surface area (Å²) in [6.07, 6.45) is 8.48. The molecule has 3 nitrogen and oxygen atoms in total. The van der Waals surface area contributed by atoms with Gasteiger partial charge in [-0.3, -0.25) is 0 Å². The van der Waals surface area contributed by atoms with Crippen LogP contribution in [0.1, 0.15) is 48.2 Å². The molecule has 1 aromatic heterocycles. The second kappa shape index (κ2) is 6.14. The first-order chi connectivity index (χ1) is 9.88. The quantitative estimate of drug-likeness (QED) is 0.924. The van der Waals surface area contributed by atoms with Gasteiger partial charge in [-0.25, -0.2) is 9.97 Å². The van der Waals surface area contributed by atoms with Crippen LogP contribution in [0.15, 0.2) is 42.7 Å². The fourth-order valence-corrected chi connectivity index (χ4v) is 3.23. The van der Waals surface area contributed by atoms with Crippen LogP contribution in [0.5, 0.6) is 0 Å². The summed E-state index contributed by atoms with van der Waals surface area (Å²) in [6, 6.07) is 11.0. The van der Waals surface area contributed by atoms with Gasteiger partial charge in [-0.2, -0.15) is 0 Å². The van der Waals surface area contributed by atoms with Crippen molar-refractivity contribution in [2.24, 2.45) is 0 Å². The van der Waals surface area contributed by atoms with Crippen LogP contribution in [-0.2, 0) is 6.42 Å². The second-order valence-corrected chi connectivity index (χ2v) is 5.47. The maximum atomic E-state index is 4.40. The summed E-state index contributed by atoms with van der Waals surface area (Å²) in [5.41, 5.74) is 3.04. The molecular formula is C17H21N3. The van der Waals surface area contributed by atoms with Crippen LogP contribution in [0.2, 0.25) is 0 Å². The molecule has 0 bridgehead atoms. The van der Waals surface area contributed by atoms with E-state index in [9.17, 15) is 0 Å². The molecule has 0 saturated heterocycles. The monoisotopic (exact) mass is 267 g/mol. The van der Waals surface area contributed by atoms with E-state index < -0.39 is 0 Å². The summed E-state index contributed by atoms with van der Waals surface area (Å²) in [6.45, 7) is 0. The lowest BCUT2D eigenvalue weighted by Gasteiger charge is -2.28. The maximum absolute atomic E-state index is 4.40. The molecule has 1 heterocycles. The Morgan fingerprint density at radius 3 is 2.80 bits per heavy atom. The van der Waals surface area contributed by atoms with Crippen molar-refractivity contribution in [1.29, 1.82) is 0 Å². The largest absolute Gasteiger partial charge is 0.310 e. The van der Waals surface area contributed by atoms with Gasteiger partial charge in [-0.05, 0) is 55.8 Å². The minimum Gasteiger partial charge on any atom is -0.310 e. The third-order valence-corrected chi connectivity index (χ3v) is 4.26. The van der Waals surface area contributed by atoms with E-state index in [0.717, 1.165) is 12.2 Å². The molecule has 0 spiro atoms. The van der Waals surface area contributed by atoms with Crippen molar-refractivity contribution in [2.45, 2.75) is 37.6 Å². The molecule has 104 valence electrons. The molecule has 1 N–H and O–H groups in total. The highest BCUT2D eigenvalue weighted by Crippen LogP contribution is 2.36. The highest BCUT2D eigenvalue weighted by molar-refractivity contribution is 5.32. The van der Waals surface area contributed by atoms with E-state index in [1.54, 1.807) is 0 Å². The number of aromatic nitrogens is 2. The van der Waals surface area contributed by atoms with Gasteiger partial charge in [0.1, 0.15) is 5.82 Å². The molecule has 1 aliphatic carbocycles.